The van der Waals surface area contributed by atoms with Gasteiger partial charge in [-0.05, 0) is 114 Å². The van der Waals surface area contributed by atoms with E-state index in [0.717, 1.165) is 56.1 Å². The summed E-state index contributed by atoms with van der Waals surface area (Å²) < 4.78 is 6.14. The Bertz CT molecular complexity index is 1070. The number of carbonyl (C=O) groups is 3. The summed E-state index contributed by atoms with van der Waals surface area (Å²) in [6, 6.07) is 0. The van der Waals surface area contributed by atoms with Gasteiger partial charge < -0.3 is 4.74 Å². The first-order valence-corrected chi connectivity index (χ1v) is 15.1. The van der Waals surface area contributed by atoms with Gasteiger partial charge in [0.15, 0.2) is 5.78 Å². The van der Waals surface area contributed by atoms with Crippen molar-refractivity contribution >= 4 is 28.6 Å². The molecule has 5 aliphatic rings. The minimum atomic E-state index is -0.806. The molecule has 0 amide bonds. The van der Waals surface area contributed by atoms with Crippen LogP contribution in [0.4, 0.5) is 0 Å². The highest BCUT2D eigenvalue weighted by Gasteiger charge is 2.71. The summed E-state index contributed by atoms with van der Waals surface area (Å²) in [5.41, 5.74) is 1.29. The third-order valence-electron chi connectivity index (χ3n) is 13.0. The standard InChI is InChI=1S/C32H47ClO4/c1-18(2)25-21(35)17-32(27(33)36)16-15-29(6)20(26(25)32)9-10-23-30(29,7)14-11-22-28(4,5)13-12-24(31(22,23)8)37-19(3)34/h18,20,22-24H,9-17H2,1-8H3/t20-,22+,23+,24?,29-,30-,31+,32-/m1/s1. The van der Waals surface area contributed by atoms with Gasteiger partial charge in [0.25, 0.3) is 0 Å². The Morgan fingerprint density at radius 3 is 2.16 bits per heavy atom. The zero-order valence-electron chi connectivity index (χ0n) is 24.3. The summed E-state index contributed by atoms with van der Waals surface area (Å²) in [7, 11) is 0. The summed E-state index contributed by atoms with van der Waals surface area (Å²) in [5, 5.41) is -0.333. The second-order valence-electron chi connectivity index (χ2n) is 15.0. The monoisotopic (exact) mass is 530 g/mol. The molecule has 0 aromatic rings. The molecule has 4 saturated carbocycles. The fourth-order valence-electron chi connectivity index (χ4n) is 11.2. The van der Waals surface area contributed by atoms with Crippen molar-refractivity contribution in [1.82, 2.24) is 0 Å². The molecule has 5 aliphatic carbocycles. The predicted molar refractivity (Wildman–Crippen MR) is 146 cm³/mol. The van der Waals surface area contributed by atoms with Crippen molar-refractivity contribution < 1.29 is 19.1 Å². The Hall–Kier alpha value is -1.16. The number of Topliss-reactive ketones (excluding diaryl/α,β-unsaturated/α-hetero) is 1. The molecule has 37 heavy (non-hydrogen) atoms. The number of halogens is 1. The molecule has 0 spiro atoms. The van der Waals surface area contributed by atoms with Gasteiger partial charge in [-0.2, -0.15) is 0 Å². The van der Waals surface area contributed by atoms with Crippen LogP contribution in [-0.2, 0) is 19.1 Å². The molecule has 0 aromatic heterocycles. The minimum Gasteiger partial charge on any atom is -0.462 e. The number of hydrogen-bond acceptors (Lipinski definition) is 4. The fraction of sp³-hybridized carbons (Fsp3) is 0.844. The molecule has 0 radical (unpaired) electrons. The molecule has 8 atom stereocenters. The van der Waals surface area contributed by atoms with E-state index in [-0.39, 0.29) is 63.0 Å². The second kappa shape index (κ2) is 8.42. The third kappa shape index (κ3) is 3.42. The number of rotatable bonds is 3. The van der Waals surface area contributed by atoms with E-state index in [1.807, 2.05) is 0 Å². The lowest BCUT2D eigenvalue weighted by molar-refractivity contribution is -0.248. The SMILES string of the molecule is CC(=O)OC1CCC(C)(C)[C@@H]2CC[C@]3(C)[C@H](CC[C@@H]4C5=C(C(C)C)C(=O)C[C@]5(C(=O)Cl)CC[C@]43C)[C@@]12C. The van der Waals surface area contributed by atoms with E-state index >= 15 is 0 Å². The third-order valence-corrected chi connectivity index (χ3v) is 13.3. The first-order chi connectivity index (χ1) is 17.1. The summed E-state index contributed by atoms with van der Waals surface area (Å²) >= 11 is 6.37. The van der Waals surface area contributed by atoms with Crippen molar-refractivity contribution in [3.8, 4) is 0 Å². The summed E-state index contributed by atoms with van der Waals surface area (Å²) in [6.45, 7) is 18.0. The van der Waals surface area contributed by atoms with Gasteiger partial charge in [0.2, 0.25) is 5.24 Å². The molecular formula is C32H47ClO4. The van der Waals surface area contributed by atoms with Crippen LogP contribution >= 0.6 is 11.6 Å². The molecule has 4 nitrogen and oxygen atoms in total. The van der Waals surface area contributed by atoms with Crippen molar-refractivity contribution in [2.45, 2.75) is 119 Å². The number of fused-ring (bicyclic) bond motifs is 7. The Morgan fingerprint density at radius 2 is 1.57 bits per heavy atom. The van der Waals surface area contributed by atoms with Crippen LogP contribution in [0.25, 0.3) is 0 Å². The molecule has 0 heterocycles. The van der Waals surface area contributed by atoms with E-state index in [1.54, 1.807) is 6.92 Å². The topological polar surface area (TPSA) is 60.4 Å². The Kier molecular flexibility index (Phi) is 6.24. The van der Waals surface area contributed by atoms with Gasteiger partial charge in [0.1, 0.15) is 6.10 Å². The van der Waals surface area contributed by atoms with Crippen molar-refractivity contribution in [3.63, 3.8) is 0 Å². The van der Waals surface area contributed by atoms with Crippen molar-refractivity contribution in [2.24, 2.45) is 50.7 Å². The zero-order valence-corrected chi connectivity index (χ0v) is 25.0. The molecule has 0 bridgehead atoms. The van der Waals surface area contributed by atoms with Gasteiger partial charge in [-0.1, -0.05) is 48.5 Å². The lowest BCUT2D eigenvalue weighted by atomic mass is 9.33. The average molecular weight is 531 g/mol. The van der Waals surface area contributed by atoms with Gasteiger partial charge >= 0.3 is 5.97 Å². The van der Waals surface area contributed by atoms with E-state index in [4.69, 9.17) is 16.3 Å². The molecule has 0 saturated heterocycles. The van der Waals surface area contributed by atoms with E-state index in [0.29, 0.717) is 18.3 Å². The maximum absolute atomic E-state index is 13.4. The number of allylic oxidation sites excluding steroid dienone is 2. The van der Waals surface area contributed by atoms with Gasteiger partial charge in [-0.15, -0.1) is 0 Å². The number of hydrogen-bond donors (Lipinski definition) is 0. The summed E-state index contributed by atoms with van der Waals surface area (Å²) in [5.74, 6) is 1.17. The number of ketones is 1. The molecule has 4 fully saturated rings. The van der Waals surface area contributed by atoms with Gasteiger partial charge in [0, 0.05) is 18.8 Å². The van der Waals surface area contributed by atoms with E-state index in [9.17, 15) is 14.4 Å². The number of esters is 1. The van der Waals surface area contributed by atoms with Crippen LogP contribution in [-0.4, -0.2) is 23.1 Å². The van der Waals surface area contributed by atoms with Gasteiger partial charge in [0.05, 0.1) is 5.41 Å². The van der Waals surface area contributed by atoms with Crippen molar-refractivity contribution in [2.75, 3.05) is 0 Å². The maximum atomic E-state index is 13.4. The fourth-order valence-corrected chi connectivity index (χ4v) is 11.5. The average Bonchev–Trinajstić information content (AvgIpc) is 3.09. The first-order valence-electron chi connectivity index (χ1n) is 14.7. The molecular weight excluding hydrogens is 484 g/mol. The largest absolute Gasteiger partial charge is 0.462 e. The van der Waals surface area contributed by atoms with Crippen LogP contribution in [0.1, 0.15) is 113 Å². The first kappa shape index (κ1) is 27.4. The molecule has 5 heteroatoms. The number of ether oxygens (including phenoxy) is 1. The van der Waals surface area contributed by atoms with Crippen LogP contribution in [0.5, 0.6) is 0 Å². The summed E-state index contributed by atoms with van der Waals surface area (Å²) in [6.07, 6.45) is 8.06. The van der Waals surface area contributed by atoms with Crippen LogP contribution in [0, 0.1) is 50.7 Å². The van der Waals surface area contributed by atoms with Crippen LogP contribution in [0.3, 0.4) is 0 Å². The van der Waals surface area contributed by atoms with E-state index in [2.05, 4.69) is 48.5 Å². The smallest absolute Gasteiger partial charge is 0.302 e. The molecule has 0 aromatic carbocycles. The normalized spacial score (nSPS) is 46.6. The second-order valence-corrected chi connectivity index (χ2v) is 15.4. The van der Waals surface area contributed by atoms with Gasteiger partial charge in [-0.25, -0.2) is 0 Å². The highest BCUT2D eigenvalue weighted by molar-refractivity contribution is 6.65. The molecule has 0 N–H and O–H groups in total. The van der Waals surface area contributed by atoms with Crippen molar-refractivity contribution in [1.29, 1.82) is 0 Å². The summed E-state index contributed by atoms with van der Waals surface area (Å²) in [4.78, 5) is 38.7. The highest BCUT2D eigenvalue weighted by Crippen LogP contribution is 2.77. The quantitative estimate of drug-likeness (QED) is 0.277. The van der Waals surface area contributed by atoms with Gasteiger partial charge in [-0.3, -0.25) is 14.4 Å². The highest BCUT2D eigenvalue weighted by atomic mass is 35.5. The predicted octanol–water partition coefficient (Wildman–Crippen LogP) is 7.66. The zero-order chi connectivity index (χ0) is 27.3. The van der Waals surface area contributed by atoms with Crippen molar-refractivity contribution in [3.05, 3.63) is 11.1 Å². The van der Waals surface area contributed by atoms with E-state index < -0.39 is 5.41 Å². The van der Waals surface area contributed by atoms with Crippen LogP contribution < -0.4 is 0 Å². The molecule has 206 valence electrons. The maximum Gasteiger partial charge on any atom is 0.302 e. The minimum absolute atomic E-state index is 0.0230. The Balaban J connectivity index is 1.64. The lowest BCUT2D eigenvalue weighted by Crippen LogP contribution is -2.67. The molecule has 1 unspecified atom stereocenters. The number of carbonyl (C=O) groups excluding carboxylic acids is 3. The Labute approximate surface area is 228 Å². The lowest BCUT2D eigenvalue weighted by Gasteiger charge is -2.72. The Morgan fingerprint density at radius 1 is 0.892 bits per heavy atom. The molecule has 5 rings (SSSR count). The molecule has 0 aliphatic heterocycles. The van der Waals surface area contributed by atoms with E-state index in [1.165, 1.54) is 0 Å². The van der Waals surface area contributed by atoms with Crippen LogP contribution in [0.2, 0.25) is 0 Å². The van der Waals surface area contributed by atoms with Crippen LogP contribution in [0.15, 0.2) is 11.1 Å².